The molecule has 0 saturated carbocycles. The summed E-state index contributed by atoms with van der Waals surface area (Å²) in [6, 6.07) is 10.2. The molecule has 0 saturated heterocycles. The van der Waals surface area contributed by atoms with Gasteiger partial charge in [-0.3, -0.25) is 9.38 Å². The summed E-state index contributed by atoms with van der Waals surface area (Å²) in [5, 5.41) is 9.11. The van der Waals surface area contributed by atoms with E-state index < -0.39 is 0 Å². The van der Waals surface area contributed by atoms with Gasteiger partial charge in [0.15, 0.2) is 0 Å². The molecule has 0 aliphatic rings. The predicted molar refractivity (Wildman–Crippen MR) is 108 cm³/mol. The molecule has 0 amide bonds. The molecule has 4 aromatic rings. The first-order valence-corrected chi connectivity index (χ1v) is 8.45. The van der Waals surface area contributed by atoms with Gasteiger partial charge >= 0.3 is 0 Å². The van der Waals surface area contributed by atoms with E-state index in [4.69, 9.17) is 4.98 Å². The molecule has 1 aromatic carbocycles. The Morgan fingerprint density at radius 3 is 2.67 bits per heavy atom. The van der Waals surface area contributed by atoms with Crippen molar-refractivity contribution in [2.24, 2.45) is 0 Å². The minimum Gasteiger partial charge on any atom is -0.329 e. The largest absolute Gasteiger partial charge is 0.329 e. The van der Waals surface area contributed by atoms with E-state index in [1.54, 1.807) is 30.9 Å². The fourth-order valence-electron chi connectivity index (χ4n) is 3.09. The minimum absolute atomic E-state index is 0.544. The fraction of sp³-hybridized carbons (Fsp3) is 0.0476. The number of benzene rings is 1. The number of pyridine rings is 1. The second kappa shape index (κ2) is 6.84. The summed E-state index contributed by atoms with van der Waals surface area (Å²) >= 11 is 0. The highest BCUT2D eigenvalue weighted by atomic mass is 15.3. The summed E-state index contributed by atoms with van der Waals surface area (Å²) in [6.45, 7) is 7.68. The van der Waals surface area contributed by atoms with Gasteiger partial charge in [0.1, 0.15) is 12.1 Å². The van der Waals surface area contributed by atoms with Gasteiger partial charge in [0.05, 0.1) is 5.52 Å². The maximum Gasteiger partial charge on any atom is 0.257 e. The monoisotopic (exact) mass is 354 g/mol. The SMILES string of the molecule is C=C/C=C(\C=C)N(C)c1nc2nncn2c2ccc(-c3ccncc3)cc12. The first-order valence-electron chi connectivity index (χ1n) is 8.45. The lowest BCUT2D eigenvalue weighted by Crippen LogP contribution is -2.17. The van der Waals surface area contributed by atoms with Crippen LogP contribution < -0.4 is 4.90 Å². The zero-order valence-corrected chi connectivity index (χ0v) is 14.9. The van der Waals surface area contributed by atoms with Crippen LogP contribution in [-0.2, 0) is 0 Å². The maximum atomic E-state index is 4.73. The fourth-order valence-corrected chi connectivity index (χ4v) is 3.09. The molecule has 4 rings (SSSR count). The van der Waals surface area contributed by atoms with Gasteiger partial charge in [0.2, 0.25) is 0 Å². The van der Waals surface area contributed by atoms with Crippen molar-refractivity contribution < 1.29 is 0 Å². The number of anilines is 1. The van der Waals surface area contributed by atoms with Crippen molar-refractivity contribution in [1.82, 2.24) is 24.6 Å². The molecule has 0 unspecified atom stereocenters. The van der Waals surface area contributed by atoms with Crippen molar-refractivity contribution in [3.8, 4) is 11.1 Å². The Morgan fingerprint density at radius 2 is 1.93 bits per heavy atom. The number of aromatic nitrogens is 5. The molecule has 0 bridgehead atoms. The lowest BCUT2D eigenvalue weighted by molar-refractivity contribution is 1.06. The Labute approximate surface area is 156 Å². The van der Waals surface area contributed by atoms with Crippen molar-refractivity contribution >= 4 is 22.5 Å². The van der Waals surface area contributed by atoms with Crippen LogP contribution in [0.2, 0.25) is 0 Å². The van der Waals surface area contributed by atoms with Crippen LogP contribution in [0.3, 0.4) is 0 Å². The van der Waals surface area contributed by atoms with Crippen LogP contribution in [0.25, 0.3) is 27.8 Å². The number of fused-ring (bicyclic) bond motifs is 3. The highest BCUT2D eigenvalue weighted by Crippen LogP contribution is 2.31. The molecule has 3 aromatic heterocycles. The van der Waals surface area contributed by atoms with E-state index in [0.29, 0.717) is 5.78 Å². The van der Waals surface area contributed by atoms with Crippen molar-refractivity contribution in [3.05, 3.63) is 86.1 Å². The van der Waals surface area contributed by atoms with Crippen LogP contribution in [0.4, 0.5) is 5.82 Å². The third-order valence-corrected chi connectivity index (χ3v) is 4.45. The van der Waals surface area contributed by atoms with Gasteiger partial charge in [-0.15, -0.1) is 10.2 Å². The number of likely N-dealkylation sites (N-methyl/N-ethyl adjacent to an activating group) is 1. The van der Waals surface area contributed by atoms with E-state index in [0.717, 1.165) is 33.5 Å². The zero-order chi connectivity index (χ0) is 18.8. The smallest absolute Gasteiger partial charge is 0.257 e. The molecule has 27 heavy (non-hydrogen) atoms. The molecule has 0 aliphatic heterocycles. The summed E-state index contributed by atoms with van der Waals surface area (Å²) in [5.74, 6) is 1.32. The first kappa shape index (κ1) is 16.7. The molecule has 132 valence electrons. The van der Waals surface area contributed by atoms with Crippen LogP contribution in [0.15, 0.2) is 86.1 Å². The van der Waals surface area contributed by atoms with Gasteiger partial charge < -0.3 is 4.90 Å². The quantitative estimate of drug-likeness (QED) is 0.506. The van der Waals surface area contributed by atoms with E-state index in [1.165, 1.54) is 0 Å². The lowest BCUT2D eigenvalue weighted by Gasteiger charge is -2.21. The van der Waals surface area contributed by atoms with Crippen LogP contribution >= 0.6 is 0 Å². The van der Waals surface area contributed by atoms with Gasteiger partial charge in [-0.2, -0.15) is 4.98 Å². The van der Waals surface area contributed by atoms with Crippen LogP contribution in [0.1, 0.15) is 0 Å². The number of rotatable bonds is 5. The van der Waals surface area contributed by atoms with Crippen molar-refractivity contribution in [3.63, 3.8) is 0 Å². The van der Waals surface area contributed by atoms with Crippen LogP contribution in [-0.4, -0.2) is 31.6 Å². The van der Waals surface area contributed by atoms with Gasteiger partial charge in [-0.05, 0) is 47.5 Å². The lowest BCUT2D eigenvalue weighted by atomic mass is 10.0. The Morgan fingerprint density at radius 1 is 1.11 bits per heavy atom. The Balaban J connectivity index is 2.01. The molecule has 6 nitrogen and oxygen atoms in total. The maximum absolute atomic E-state index is 4.73. The van der Waals surface area contributed by atoms with Gasteiger partial charge in [0.25, 0.3) is 5.78 Å². The summed E-state index contributed by atoms with van der Waals surface area (Å²) in [7, 11) is 1.95. The number of hydrogen-bond donors (Lipinski definition) is 0. The number of nitrogens with zero attached hydrogens (tertiary/aromatic N) is 6. The third-order valence-electron chi connectivity index (χ3n) is 4.45. The second-order valence-corrected chi connectivity index (χ2v) is 5.99. The first-order chi connectivity index (χ1) is 13.2. The van der Waals surface area contributed by atoms with Gasteiger partial charge in [-0.1, -0.05) is 25.3 Å². The molecular weight excluding hydrogens is 336 g/mol. The minimum atomic E-state index is 0.544. The third kappa shape index (κ3) is 2.87. The topological polar surface area (TPSA) is 59.2 Å². The molecule has 0 N–H and O–H groups in total. The summed E-state index contributed by atoms with van der Waals surface area (Å²) in [5.41, 5.74) is 4.04. The van der Waals surface area contributed by atoms with E-state index in [-0.39, 0.29) is 0 Å². The van der Waals surface area contributed by atoms with Crippen molar-refractivity contribution in [2.45, 2.75) is 0 Å². The molecule has 6 heteroatoms. The molecule has 3 heterocycles. The Hall–Kier alpha value is -3.80. The van der Waals surface area contributed by atoms with E-state index >= 15 is 0 Å². The summed E-state index contributed by atoms with van der Waals surface area (Å²) in [4.78, 5) is 10.8. The highest BCUT2D eigenvalue weighted by Gasteiger charge is 2.15. The Bertz CT molecular complexity index is 1170. The Kier molecular flexibility index (Phi) is 4.22. The van der Waals surface area contributed by atoms with E-state index in [1.807, 2.05) is 34.6 Å². The van der Waals surface area contributed by atoms with Crippen molar-refractivity contribution in [1.29, 1.82) is 0 Å². The molecule has 0 radical (unpaired) electrons. The van der Waals surface area contributed by atoms with E-state index in [9.17, 15) is 0 Å². The predicted octanol–water partition coefficient (Wildman–Crippen LogP) is 4.03. The second-order valence-electron chi connectivity index (χ2n) is 5.99. The molecule has 0 atom stereocenters. The number of allylic oxidation sites excluding steroid dienone is 3. The molecular formula is C21H18N6. The summed E-state index contributed by atoms with van der Waals surface area (Å²) in [6.07, 6.45) is 10.6. The molecule has 0 fully saturated rings. The average molecular weight is 354 g/mol. The van der Waals surface area contributed by atoms with Gasteiger partial charge in [0, 0.05) is 30.5 Å². The normalized spacial score (nSPS) is 11.7. The molecule has 0 aliphatic carbocycles. The molecule has 0 spiro atoms. The average Bonchev–Trinajstić information content (AvgIpc) is 3.20. The van der Waals surface area contributed by atoms with Crippen LogP contribution in [0, 0.1) is 0 Å². The van der Waals surface area contributed by atoms with E-state index in [2.05, 4.69) is 46.5 Å². The van der Waals surface area contributed by atoms with Crippen LogP contribution in [0.5, 0.6) is 0 Å². The standard InChI is InChI=1S/C21H18N6/c1-4-6-17(5-2)26(3)20-18-13-16(15-9-11-22-12-10-15)7-8-19(18)27-14-23-25-21(27)24-20/h4-14H,1-2H2,3H3/b17-6+. The summed E-state index contributed by atoms with van der Waals surface area (Å²) < 4.78 is 1.88. The van der Waals surface area contributed by atoms with Gasteiger partial charge in [-0.25, -0.2) is 0 Å². The van der Waals surface area contributed by atoms with Crippen molar-refractivity contribution in [2.75, 3.05) is 11.9 Å². The highest BCUT2D eigenvalue weighted by molar-refractivity contribution is 5.95. The number of hydrogen-bond acceptors (Lipinski definition) is 5. The zero-order valence-electron chi connectivity index (χ0n) is 14.9.